The van der Waals surface area contributed by atoms with E-state index in [-0.39, 0.29) is 12.5 Å². The fraction of sp³-hybridized carbons (Fsp3) is 0.500. The lowest BCUT2D eigenvalue weighted by molar-refractivity contribution is -0.134. The van der Waals surface area contributed by atoms with Gasteiger partial charge in [-0.15, -0.1) is 0 Å². The topological polar surface area (TPSA) is 107 Å². The predicted octanol–water partition coefficient (Wildman–Crippen LogP) is 4.08. The summed E-state index contributed by atoms with van der Waals surface area (Å²) in [6.45, 7) is 10.3. The molecule has 1 aromatic carbocycles. The zero-order chi connectivity index (χ0) is 27.0. The Labute approximate surface area is 222 Å². The van der Waals surface area contributed by atoms with E-state index in [2.05, 4.69) is 51.6 Å². The van der Waals surface area contributed by atoms with Crippen molar-refractivity contribution in [2.24, 2.45) is 5.92 Å². The highest BCUT2D eigenvalue weighted by Gasteiger charge is 2.39. The lowest BCUT2D eigenvalue weighted by Gasteiger charge is -2.39. The molecule has 2 aliphatic rings. The van der Waals surface area contributed by atoms with Gasteiger partial charge in [-0.2, -0.15) is 4.98 Å². The summed E-state index contributed by atoms with van der Waals surface area (Å²) in [5.41, 5.74) is 0.533. The molecule has 0 saturated carbocycles. The highest BCUT2D eigenvalue weighted by atomic mass is 19.1. The molecule has 2 saturated heterocycles. The molecule has 2 atom stereocenters. The quantitative estimate of drug-likeness (QED) is 0.427. The second-order valence-electron chi connectivity index (χ2n) is 11.0. The van der Waals surface area contributed by atoms with Crippen LogP contribution in [0.5, 0.6) is 0 Å². The van der Waals surface area contributed by atoms with Gasteiger partial charge in [-0.25, -0.2) is 14.4 Å². The van der Waals surface area contributed by atoms with Crippen LogP contribution in [-0.2, 0) is 4.79 Å². The third-order valence-corrected chi connectivity index (χ3v) is 7.59. The van der Waals surface area contributed by atoms with Crippen LogP contribution in [0, 0.1) is 5.92 Å². The van der Waals surface area contributed by atoms with E-state index in [4.69, 9.17) is 0 Å². The van der Waals surface area contributed by atoms with E-state index in [0.717, 1.165) is 36.1 Å². The molecule has 0 bridgehead atoms. The lowest BCUT2D eigenvalue weighted by atomic mass is 9.94. The number of carbonyl (C=O) groups is 1. The van der Waals surface area contributed by atoms with Gasteiger partial charge in [0.2, 0.25) is 11.9 Å². The van der Waals surface area contributed by atoms with Crippen molar-refractivity contribution in [2.75, 3.05) is 48.3 Å². The summed E-state index contributed by atoms with van der Waals surface area (Å²) in [7, 11) is 0. The summed E-state index contributed by atoms with van der Waals surface area (Å²) < 4.78 is 14.7. The van der Waals surface area contributed by atoms with Crippen LogP contribution in [0.4, 0.5) is 27.7 Å². The van der Waals surface area contributed by atoms with Gasteiger partial charge in [-0.1, -0.05) is 19.9 Å². The number of alkyl halides is 1. The minimum atomic E-state index is -1.71. The first-order valence-electron chi connectivity index (χ1n) is 13.2. The summed E-state index contributed by atoms with van der Waals surface area (Å²) >= 11 is 0. The average Bonchev–Trinajstić information content (AvgIpc) is 2.84. The van der Waals surface area contributed by atoms with E-state index in [1.165, 1.54) is 12.5 Å². The van der Waals surface area contributed by atoms with Crippen LogP contribution in [0.2, 0.25) is 0 Å². The molecular formula is C28H36FN7O2. The van der Waals surface area contributed by atoms with Gasteiger partial charge in [0.15, 0.2) is 5.67 Å². The molecule has 1 amide bonds. The number of aromatic nitrogens is 3. The van der Waals surface area contributed by atoms with Crippen molar-refractivity contribution < 1.29 is 14.3 Å². The Morgan fingerprint density at radius 3 is 2.71 bits per heavy atom. The van der Waals surface area contributed by atoms with E-state index in [1.807, 2.05) is 17.2 Å². The second-order valence-corrected chi connectivity index (χ2v) is 11.0. The first-order valence-corrected chi connectivity index (χ1v) is 13.2. The number of likely N-dealkylation sites (tertiary alicyclic amines) is 1. The number of carbonyl (C=O) groups excluding carboxylic acids is 1. The van der Waals surface area contributed by atoms with E-state index in [9.17, 15) is 14.3 Å². The number of hydrogen-bond donors (Lipinski definition) is 3. The Kier molecular flexibility index (Phi) is 7.09. The minimum Gasteiger partial charge on any atom is -0.390 e. The first kappa shape index (κ1) is 26.1. The number of halogens is 1. The van der Waals surface area contributed by atoms with E-state index >= 15 is 0 Å². The Morgan fingerprint density at radius 2 is 2.00 bits per heavy atom. The summed E-state index contributed by atoms with van der Waals surface area (Å²) in [6, 6.07) is 8.06. The van der Waals surface area contributed by atoms with Crippen molar-refractivity contribution in [2.45, 2.75) is 51.8 Å². The largest absolute Gasteiger partial charge is 0.390 e. The minimum absolute atomic E-state index is 0.0347. The molecule has 9 nitrogen and oxygen atoms in total. The maximum absolute atomic E-state index is 14.7. The molecule has 0 radical (unpaired) electrons. The maximum atomic E-state index is 14.7. The van der Waals surface area contributed by atoms with Crippen LogP contribution in [0.15, 0.2) is 36.7 Å². The predicted molar refractivity (Wildman–Crippen MR) is 148 cm³/mol. The number of anilines is 4. The molecule has 2 fully saturated rings. The van der Waals surface area contributed by atoms with Crippen LogP contribution >= 0.6 is 0 Å². The molecule has 3 N–H and O–H groups in total. The van der Waals surface area contributed by atoms with Gasteiger partial charge >= 0.3 is 0 Å². The van der Waals surface area contributed by atoms with Gasteiger partial charge in [-0.05, 0) is 48.4 Å². The van der Waals surface area contributed by atoms with Crippen LogP contribution in [-0.4, -0.2) is 75.4 Å². The molecule has 2 aromatic heterocycles. The number of amides is 1. The molecule has 10 heteroatoms. The SMILES string of the molecule is CC(=O)N1CC(CNc2ccc(C(C)C)c3cc(Nc4ccnc(N5CC[C@@H](O)[C@@](C)(F)C5)n4)ncc23)C1. The maximum Gasteiger partial charge on any atom is 0.227 e. The van der Waals surface area contributed by atoms with Gasteiger partial charge in [-0.3, -0.25) is 4.79 Å². The highest BCUT2D eigenvalue weighted by Crippen LogP contribution is 2.33. The number of rotatable bonds is 7. The van der Waals surface area contributed by atoms with Crippen molar-refractivity contribution in [3.05, 3.63) is 42.2 Å². The lowest BCUT2D eigenvalue weighted by Crippen LogP contribution is -2.52. The second kappa shape index (κ2) is 10.3. The Morgan fingerprint density at radius 1 is 1.21 bits per heavy atom. The molecule has 38 heavy (non-hydrogen) atoms. The number of benzene rings is 1. The Bertz CT molecular complexity index is 1330. The van der Waals surface area contributed by atoms with Crippen LogP contribution in [0.25, 0.3) is 10.8 Å². The fourth-order valence-corrected chi connectivity index (χ4v) is 5.21. The third kappa shape index (κ3) is 5.36. The summed E-state index contributed by atoms with van der Waals surface area (Å²) in [5, 5.41) is 18.9. The summed E-state index contributed by atoms with van der Waals surface area (Å²) in [4.78, 5) is 28.7. The van der Waals surface area contributed by atoms with Crippen molar-refractivity contribution in [3.8, 4) is 0 Å². The smallest absolute Gasteiger partial charge is 0.227 e. The molecule has 0 unspecified atom stereocenters. The Balaban J connectivity index is 1.35. The van der Waals surface area contributed by atoms with Crippen molar-refractivity contribution in [1.82, 2.24) is 19.9 Å². The zero-order valence-corrected chi connectivity index (χ0v) is 22.4. The van der Waals surface area contributed by atoms with Crippen molar-refractivity contribution in [1.29, 1.82) is 0 Å². The number of hydrogen-bond acceptors (Lipinski definition) is 8. The molecule has 0 aliphatic carbocycles. The normalized spacial score (nSPS) is 22.0. The van der Waals surface area contributed by atoms with Crippen molar-refractivity contribution >= 4 is 40.0 Å². The zero-order valence-electron chi connectivity index (χ0n) is 22.4. The van der Waals surface area contributed by atoms with Gasteiger partial charge in [0.05, 0.1) is 12.6 Å². The number of aliphatic hydroxyl groups excluding tert-OH is 1. The molecule has 2 aliphatic heterocycles. The van der Waals surface area contributed by atoms with Gasteiger partial charge < -0.3 is 25.5 Å². The Hall–Kier alpha value is -3.53. The summed E-state index contributed by atoms with van der Waals surface area (Å²) in [6.07, 6.45) is 2.85. The van der Waals surface area contributed by atoms with E-state index < -0.39 is 11.8 Å². The molecule has 0 spiro atoms. The third-order valence-electron chi connectivity index (χ3n) is 7.59. The van der Waals surface area contributed by atoms with Gasteiger partial charge in [0.25, 0.3) is 0 Å². The molecule has 202 valence electrons. The number of pyridine rings is 1. The van der Waals surface area contributed by atoms with E-state index in [1.54, 1.807) is 24.1 Å². The standard InChI is InChI=1S/C28H36FN7O2/c1-17(2)20-5-6-23(31-12-19-14-36(15-19)18(3)37)22-13-32-26(11-21(20)22)33-25-7-9-30-27(34-25)35-10-8-24(38)28(4,29)16-35/h5-7,9,11,13,17,19,24,31,38H,8,10,12,14-16H2,1-4H3,(H,30,32,33,34)/t24-,28+/m1/s1. The fourth-order valence-electron chi connectivity index (χ4n) is 5.21. The number of aliphatic hydroxyl groups is 1. The number of fused-ring (bicyclic) bond motifs is 1. The monoisotopic (exact) mass is 521 g/mol. The molecule has 5 rings (SSSR count). The number of nitrogens with zero attached hydrogens (tertiary/aromatic N) is 5. The van der Waals surface area contributed by atoms with Crippen molar-refractivity contribution in [3.63, 3.8) is 0 Å². The first-order chi connectivity index (χ1) is 18.1. The average molecular weight is 522 g/mol. The summed E-state index contributed by atoms with van der Waals surface area (Å²) in [5.74, 6) is 2.53. The van der Waals surface area contributed by atoms with Crippen LogP contribution in [0.1, 0.15) is 45.6 Å². The van der Waals surface area contributed by atoms with Crippen LogP contribution in [0.3, 0.4) is 0 Å². The van der Waals surface area contributed by atoms with Gasteiger partial charge in [0, 0.05) is 62.5 Å². The number of nitrogens with one attached hydrogen (secondary N) is 2. The molecular weight excluding hydrogens is 485 g/mol. The molecule has 3 aromatic rings. The van der Waals surface area contributed by atoms with Gasteiger partial charge in [0.1, 0.15) is 11.6 Å². The number of piperidine rings is 1. The highest BCUT2D eigenvalue weighted by molar-refractivity contribution is 5.97. The van der Waals surface area contributed by atoms with E-state index in [0.29, 0.717) is 42.4 Å². The molecule has 4 heterocycles. The van der Waals surface area contributed by atoms with Crippen LogP contribution < -0.4 is 15.5 Å².